The minimum atomic E-state index is 0.576. The summed E-state index contributed by atoms with van der Waals surface area (Å²) >= 11 is 0. The highest BCUT2D eigenvalue weighted by Gasteiger charge is 2.19. The van der Waals surface area contributed by atoms with Crippen molar-refractivity contribution in [2.75, 3.05) is 0 Å². The van der Waals surface area contributed by atoms with Gasteiger partial charge in [0, 0.05) is 18.2 Å². The summed E-state index contributed by atoms with van der Waals surface area (Å²) in [6.07, 6.45) is 5.82. The zero-order valence-electron chi connectivity index (χ0n) is 9.15. The van der Waals surface area contributed by atoms with E-state index in [1.807, 2.05) is 6.07 Å². The molecule has 1 heterocycles. The van der Waals surface area contributed by atoms with Crippen molar-refractivity contribution < 1.29 is 4.42 Å². The van der Waals surface area contributed by atoms with Crippen LogP contribution in [0.1, 0.15) is 16.7 Å². The molecule has 82 valence electrons. The van der Waals surface area contributed by atoms with Gasteiger partial charge in [0.2, 0.25) is 0 Å². The maximum atomic E-state index is 5.05. The van der Waals surface area contributed by atoms with Gasteiger partial charge in [-0.1, -0.05) is 24.3 Å². The average Bonchev–Trinajstić information content (AvgIpc) is 2.95. The Bertz CT molecular complexity index is 436. The summed E-state index contributed by atoms with van der Waals surface area (Å²) < 4.78 is 5.05. The number of furan rings is 1. The van der Waals surface area contributed by atoms with Crippen molar-refractivity contribution in [2.24, 2.45) is 0 Å². The van der Waals surface area contributed by atoms with Crippen molar-refractivity contribution in [3.63, 3.8) is 0 Å². The molecule has 2 nitrogen and oxygen atoms in total. The van der Waals surface area contributed by atoms with Crippen LogP contribution in [0.2, 0.25) is 0 Å². The van der Waals surface area contributed by atoms with E-state index < -0.39 is 0 Å². The minimum Gasteiger partial charge on any atom is -0.472 e. The van der Waals surface area contributed by atoms with E-state index in [1.165, 1.54) is 16.7 Å². The van der Waals surface area contributed by atoms with Gasteiger partial charge in [0.1, 0.15) is 0 Å². The van der Waals surface area contributed by atoms with Gasteiger partial charge in [0.05, 0.1) is 12.5 Å². The van der Waals surface area contributed by atoms with Gasteiger partial charge in [-0.3, -0.25) is 0 Å². The maximum absolute atomic E-state index is 5.05. The molecule has 0 atom stereocenters. The fourth-order valence-corrected chi connectivity index (χ4v) is 2.36. The molecule has 2 aromatic rings. The number of nitrogens with one attached hydrogen (secondary N) is 1. The number of benzene rings is 1. The van der Waals surface area contributed by atoms with E-state index in [1.54, 1.807) is 12.5 Å². The summed E-state index contributed by atoms with van der Waals surface area (Å²) in [6, 6.07) is 11.3. The first-order chi connectivity index (χ1) is 7.92. The number of fused-ring (bicyclic) bond motifs is 1. The van der Waals surface area contributed by atoms with Crippen LogP contribution in [0.5, 0.6) is 0 Å². The summed E-state index contributed by atoms with van der Waals surface area (Å²) in [5.41, 5.74) is 4.20. The minimum absolute atomic E-state index is 0.576. The van der Waals surface area contributed by atoms with Gasteiger partial charge >= 0.3 is 0 Å². The zero-order valence-corrected chi connectivity index (χ0v) is 9.15. The van der Waals surface area contributed by atoms with E-state index in [2.05, 4.69) is 29.6 Å². The molecular formula is C14H15NO. The summed E-state index contributed by atoms with van der Waals surface area (Å²) in [6.45, 7) is 0.898. The molecule has 1 aliphatic carbocycles. The Balaban J connectivity index is 1.60. The Morgan fingerprint density at radius 1 is 1.12 bits per heavy atom. The van der Waals surface area contributed by atoms with Crippen LogP contribution in [-0.4, -0.2) is 6.04 Å². The molecule has 2 heteroatoms. The largest absolute Gasteiger partial charge is 0.472 e. The monoisotopic (exact) mass is 213 g/mol. The highest BCUT2D eigenvalue weighted by Crippen LogP contribution is 2.21. The lowest BCUT2D eigenvalue weighted by Crippen LogP contribution is -2.28. The molecule has 3 rings (SSSR count). The summed E-state index contributed by atoms with van der Waals surface area (Å²) in [5, 5.41) is 3.57. The van der Waals surface area contributed by atoms with Crippen molar-refractivity contribution in [1.29, 1.82) is 0 Å². The van der Waals surface area contributed by atoms with Crippen LogP contribution < -0.4 is 5.32 Å². The topological polar surface area (TPSA) is 25.2 Å². The fraction of sp³-hybridized carbons (Fsp3) is 0.286. The molecule has 0 radical (unpaired) electrons. The molecule has 1 aliphatic rings. The van der Waals surface area contributed by atoms with Gasteiger partial charge in [-0.05, 0) is 30.0 Å². The molecule has 0 aliphatic heterocycles. The van der Waals surface area contributed by atoms with Gasteiger partial charge in [0.25, 0.3) is 0 Å². The lowest BCUT2D eigenvalue weighted by molar-refractivity contribution is 0.523. The maximum Gasteiger partial charge on any atom is 0.0947 e. The normalized spacial score (nSPS) is 15.2. The van der Waals surface area contributed by atoms with Crippen molar-refractivity contribution >= 4 is 0 Å². The van der Waals surface area contributed by atoms with Crippen molar-refractivity contribution in [1.82, 2.24) is 5.32 Å². The molecule has 1 aromatic carbocycles. The standard InChI is InChI=1S/C14H15NO/c1-2-4-13-8-14(7-12(13)3-1)15-9-11-5-6-16-10-11/h1-6,10,14-15H,7-9H2. The van der Waals surface area contributed by atoms with Crippen LogP contribution in [-0.2, 0) is 19.4 Å². The van der Waals surface area contributed by atoms with E-state index >= 15 is 0 Å². The average molecular weight is 213 g/mol. The Labute approximate surface area is 95.3 Å². The molecule has 0 saturated carbocycles. The van der Waals surface area contributed by atoms with Gasteiger partial charge in [-0.2, -0.15) is 0 Å². The second-order valence-electron chi connectivity index (χ2n) is 4.39. The van der Waals surface area contributed by atoms with Crippen LogP contribution in [0.25, 0.3) is 0 Å². The fourth-order valence-electron chi connectivity index (χ4n) is 2.36. The van der Waals surface area contributed by atoms with Crippen LogP contribution in [0.3, 0.4) is 0 Å². The predicted octanol–water partition coefficient (Wildman–Crippen LogP) is 2.54. The van der Waals surface area contributed by atoms with E-state index in [9.17, 15) is 0 Å². The number of hydrogen-bond donors (Lipinski definition) is 1. The highest BCUT2D eigenvalue weighted by molar-refractivity contribution is 5.33. The van der Waals surface area contributed by atoms with Crippen molar-refractivity contribution in [2.45, 2.75) is 25.4 Å². The molecule has 16 heavy (non-hydrogen) atoms. The summed E-state index contributed by atoms with van der Waals surface area (Å²) in [4.78, 5) is 0. The van der Waals surface area contributed by atoms with E-state index in [0.29, 0.717) is 6.04 Å². The number of rotatable bonds is 3. The Morgan fingerprint density at radius 2 is 1.88 bits per heavy atom. The first kappa shape index (κ1) is 9.67. The molecule has 1 N–H and O–H groups in total. The molecule has 1 aromatic heterocycles. The molecule has 0 amide bonds. The first-order valence-corrected chi connectivity index (χ1v) is 5.73. The second-order valence-corrected chi connectivity index (χ2v) is 4.39. The van der Waals surface area contributed by atoms with Crippen LogP contribution in [0.4, 0.5) is 0 Å². The summed E-state index contributed by atoms with van der Waals surface area (Å²) in [7, 11) is 0. The van der Waals surface area contributed by atoms with E-state index in [4.69, 9.17) is 4.42 Å². The SMILES string of the molecule is c1ccc2c(c1)CC(NCc1ccoc1)C2. The van der Waals surface area contributed by atoms with E-state index in [-0.39, 0.29) is 0 Å². The summed E-state index contributed by atoms with van der Waals surface area (Å²) in [5.74, 6) is 0. The zero-order chi connectivity index (χ0) is 10.8. The predicted molar refractivity (Wildman–Crippen MR) is 63.2 cm³/mol. The van der Waals surface area contributed by atoms with Crippen LogP contribution in [0.15, 0.2) is 47.3 Å². The third-order valence-corrected chi connectivity index (χ3v) is 3.23. The Kier molecular flexibility index (Phi) is 2.50. The smallest absolute Gasteiger partial charge is 0.0947 e. The molecule has 0 fully saturated rings. The van der Waals surface area contributed by atoms with Gasteiger partial charge in [-0.25, -0.2) is 0 Å². The molecule has 0 spiro atoms. The van der Waals surface area contributed by atoms with Crippen molar-refractivity contribution in [3.8, 4) is 0 Å². The lowest BCUT2D eigenvalue weighted by Gasteiger charge is -2.10. The third-order valence-electron chi connectivity index (χ3n) is 3.23. The van der Waals surface area contributed by atoms with Gasteiger partial charge < -0.3 is 9.73 Å². The Hall–Kier alpha value is -1.54. The van der Waals surface area contributed by atoms with Crippen LogP contribution >= 0.6 is 0 Å². The quantitative estimate of drug-likeness (QED) is 0.847. The van der Waals surface area contributed by atoms with Crippen molar-refractivity contribution in [3.05, 3.63) is 59.5 Å². The molecule has 0 bridgehead atoms. The molecular weight excluding hydrogens is 198 g/mol. The van der Waals surface area contributed by atoms with Gasteiger partial charge in [0.15, 0.2) is 0 Å². The first-order valence-electron chi connectivity index (χ1n) is 5.73. The lowest BCUT2D eigenvalue weighted by atomic mass is 10.1. The molecule has 0 saturated heterocycles. The third kappa shape index (κ3) is 1.89. The Morgan fingerprint density at radius 3 is 2.50 bits per heavy atom. The van der Waals surface area contributed by atoms with Crippen LogP contribution in [0, 0.1) is 0 Å². The number of hydrogen-bond acceptors (Lipinski definition) is 2. The molecule has 0 unspecified atom stereocenters. The van der Waals surface area contributed by atoms with Gasteiger partial charge in [-0.15, -0.1) is 0 Å². The highest BCUT2D eigenvalue weighted by atomic mass is 16.3. The van der Waals surface area contributed by atoms with E-state index in [0.717, 1.165) is 19.4 Å². The second kappa shape index (κ2) is 4.14.